The molecule has 1 saturated carbocycles. The topological polar surface area (TPSA) is 55.4 Å². The Morgan fingerprint density at radius 3 is 2.57 bits per heavy atom. The maximum atomic E-state index is 12.7. The lowest BCUT2D eigenvalue weighted by atomic mass is 9.78. The highest BCUT2D eigenvalue weighted by Gasteiger charge is 2.49. The second-order valence-electron chi connectivity index (χ2n) is 6.44. The Bertz CT molecular complexity index is 627. The molecule has 3 rings (SSSR count). The van der Waals surface area contributed by atoms with E-state index in [2.05, 4.69) is 5.32 Å². The predicted molar refractivity (Wildman–Crippen MR) is 87.8 cm³/mol. The summed E-state index contributed by atoms with van der Waals surface area (Å²) in [5, 5.41) is 2.97. The minimum Gasteiger partial charge on any atom is -0.451 e. The number of carbonyl (C=O) groups is 2. The third kappa shape index (κ3) is 3.16. The van der Waals surface area contributed by atoms with Crippen molar-refractivity contribution in [3.8, 4) is 0 Å². The molecule has 1 aromatic carbocycles. The van der Waals surface area contributed by atoms with E-state index in [1.165, 1.54) is 5.56 Å². The molecule has 0 unspecified atom stereocenters. The number of benzene rings is 1. The van der Waals surface area contributed by atoms with Crippen molar-refractivity contribution in [2.24, 2.45) is 0 Å². The maximum Gasteiger partial charge on any atom is 0.335 e. The normalized spacial score (nSPS) is 19.8. The van der Waals surface area contributed by atoms with Crippen LogP contribution in [0.4, 0.5) is 0 Å². The Morgan fingerprint density at radius 1 is 1.17 bits per heavy atom. The van der Waals surface area contributed by atoms with E-state index in [0.29, 0.717) is 17.7 Å². The van der Waals surface area contributed by atoms with Crippen molar-refractivity contribution < 1.29 is 14.3 Å². The number of carbonyl (C=O) groups excluding carboxylic acids is 2. The molecule has 1 fully saturated rings. The molecule has 2 aliphatic rings. The van der Waals surface area contributed by atoms with Gasteiger partial charge in [0.1, 0.15) is 5.60 Å². The van der Waals surface area contributed by atoms with Crippen molar-refractivity contribution in [3.63, 3.8) is 0 Å². The van der Waals surface area contributed by atoms with Gasteiger partial charge in [-0.1, -0.05) is 36.8 Å². The van der Waals surface area contributed by atoms with Gasteiger partial charge in [0.2, 0.25) is 0 Å². The largest absolute Gasteiger partial charge is 0.451 e. The van der Waals surface area contributed by atoms with Gasteiger partial charge in [-0.25, -0.2) is 4.79 Å². The van der Waals surface area contributed by atoms with E-state index in [1.54, 1.807) is 6.92 Å². The van der Waals surface area contributed by atoms with Crippen LogP contribution in [-0.4, -0.2) is 24.0 Å². The second kappa shape index (κ2) is 6.57. The lowest BCUT2D eigenvalue weighted by Gasteiger charge is -2.34. The summed E-state index contributed by atoms with van der Waals surface area (Å²) in [7, 11) is 0. The Kier molecular flexibility index (Phi) is 4.51. The molecular formula is C19H23NO3. The van der Waals surface area contributed by atoms with Gasteiger partial charge >= 0.3 is 5.97 Å². The van der Waals surface area contributed by atoms with Crippen molar-refractivity contribution in [3.05, 3.63) is 47.0 Å². The molecule has 1 aromatic rings. The van der Waals surface area contributed by atoms with Crippen LogP contribution in [0.1, 0.15) is 44.6 Å². The zero-order valence-corrected chi connectivity index (χ0v) is 13.6. The Morgan fingerprint density at radius 2 is 1.87 bits per heavy atom. The van der Waals surface area contributed by atoms with Gasteiger partial charge in [0, 0.05) is 12.1 Å². The number of ether oxygens (including phenoxy) is 1. The average molecular weight is 313 g/mol. The molecular weight excluding hydrogens is 290 g/mol. The van der Waals surface area contributed by atoms with Crippen LogP contribution < -0.4 is 5.32 Å². The molecule has 4 nitrogen and oxygen atoms in total. The van der Waals surface area contributed by atoms with Crippen LogP contribution in [0.15, 0.2) is 41.5 Å². The molecule has 0 bridgehead atoms. The predicted octanol–water partition coefficient (Wildman–Crippen LogP) is 2.92. The van der Waals surface area contributed by atoms with Crippen LogP contribution in [0.3, 0.4) is 0 Å². The van der Waals surface area contributed by atoms with Gasteiger partial charge in [0.25, 0.3) is 5.91 Å². The molecule has 0 aromatic heterocycles. The van der Waals surface area contributed by atoms with Gasteiger partial charge in [-0.15, -0.1) is 0 Å². The minimum absolute atomic E-state index is 0.147. The second-order valence-corrected chi connectivity index (χ2v) is 6.44. The Balaban J connectivity index is 1.68. The summed E-state index contributed by atoms with van der Waals surface area (Å²) in [6.07, 6.45) is 5.44. The molecule has 23 heavy (non-hydrogen) atoms. The molecule has 1 N–H and O–H groups in total. The summed E-state index contributed by atoms with van der Waals surface area (Å²) in [5.41, 5.74) is 1.56. The summed E-state index contributed by atoms with van der Waals surface area (Å²) in [6.45, 7) is 2.27. The third-order valence-electron chi connectivity index (χ3n) is 4.86. The lowest BCUT2D eigenvalue weighted by molar-refractivity contribution is -0.149. The lowest BCUT2D eigenvalue weighted by Crippen LogP contribution is -2.41. The number of esters is 1. The fourth-order valence-corrected chi connectivity index (χ4v) is 3.65. The number of rotatable bonds is 4. The van der Waals surface area contributed by atoms with Crippen molar-refractivity contribution in [2.75, 3.05) is 6.54 Å². The minimum atomic E-state index is -0.670. The van der Waals surface area contributed by atoms with E-state index >= 15 is 0 Å². The summed E-state index contributed by atoms with van der Waals surface area (Å²) < 4.78 is 5.63. The first-order valence-electron chi connectivity index (χ1n) is 8.39. The zero-order valence-electron chi connectivity index (χ0n) is 13.6. The molecule has 0 saturated heterocycles. The van der Waals surface area contributed by atoms with Crippen molar-refractivity contribution in [1.82, 2.24) is 5.32 Å². The number of hydrogen-bond acceptors (Lipinski definition) is 3. The molecule has 1 heterocycles. The number of nitrogens with one attached hydrogen (secondary N) is 1. The van der Waals surface area contributed by atoms with Gasteiger partial charge in [-0.3, -0.25) is 4.79 Å². The molecule has 4 heteroatoms. The molecule has 1 amide bonds. The van der Waals surface area contributed by atoms with Gasteiger partial charge in [-0.05, 0) is 44.6 Å². The summed E-state index contributed by atoms with van der Waals surface area (Å²) >= 11 is 0. The van der Waals surface area contributed by atoms with Gasteiger partial charge < -0.3 is 10.1 Å². The van der Waals surface area contributed by atoms with E-state index in [1.807, 2.05) is 30.3 Å². The molecule has 0 atom stereocenters. The highest BCUT2D eigenvalue weighted by molar-refractivity contribution is 6.07. The van der Waals surface area contributed by atoms with E-state index in [4.69, 9.17) is 4.74 Å². The Hall–Kier alpha value is -2.10. The van der Waals surface area contributed by atoms with Crippen LogP contribution in [0, 0.1) is 0 Å². The fourth-order valence-electron chi connectivity index (χ4n) is 3.65. The molecule has 1 spiro atoms. The first-order valence-corrected chi connectivity index (χ1v) is 8.39. The van der Waals surface area contributed by atoms with Crippen LogP contribution in [0.5, 0.6) is 0 Å². The van der Waals surface area contributed by atoms with E-state index in [0.717, 1.165) is 38.5 Å². The van der Waals surface area contributed by atoms with Crippen LogP contribution >= 0.6 is 0 Å². The van der Waals surface area contributed by atoms with E-state index < -0.39 is 5.60 Å². The first-order chi connectivity index (χ1) is 11.1. The summed E-state index contributed by atoms with van der Waals surface area (Å²) in [6, 6.07) is 10.0. The van der Waals surface area contributed by atoms with Crippen molar-refractivity contribution in [2.45, 2.75) is 51.0 Å². The first kappa shape index (κ1) is 15.8. The smallest absolute Gasteiger partial charge is 0.335 e. The fraction of sp³-hybridized carbons (Fsp3) is 0.474. The molecule has 1 aliphatic carbocycles. The third-order valence-corrected chi connectivity index (χ3v) is 4.86. The summed E-state index contributed by atoms with van der Waals surface area (Å²) in [5.74, 6) is -0.480. The molecule has 0 radical (unpaired) electrons. The highest BCUT2D eigenvalue weighted by atomic mass is 16.6. The maximum absolute atomic E-state index is 12.7. The van der Waals surface area contributed by atoms with Crippen LogP contribution in [-0.2, 0) is 20.7 Å². The number of hydrogen-bond donors (Lipinski definition) is 1. The zero-order chi connectivity index (χ0) is 16.3. The van der Waals surface area contributed by atoms with Crippen LogP contribution in [0.25, 0.3) is 0 Å². The molecule has 1 aliphatic heterocycles. The van der Waals surface area contributed by atoms with E-state index in [9.17, 15) is 9.59 Å². The standard InChI is InChI=1S/C19H23NO3/c1-14-16(19(23-18(14)22)11-6-3-7-12-19)17(21)20-13-10-15-8-4-2-5-9-15/h2,4-5,8-9H,3,6-7,10-13H2,1H3,(H,20,21). The van der Waals surface area contributed by atoms with Gasteiger partial charge in [-0.2, -0.15) is 0 Å². The number of amides is 1. The quantitative estimate of drug-likeness (QED) is 0.870. The van der Waals surface area contributed by atoms with Crippen molar-refractivity contribution >= 4 is 11.9 Å². The monoisotopic (exact) mass is 313 g/mol. The van der Waals surface area contributed by atoms with Gasteiger partial charge in [0.15, 0.2) is 0 Å². The molecule has 122 valence electrons. The van der Waals surface area contributed by atoms with Crippen molar-refractivity contribution in [1.29, 1.82) is 0 Å². The van der Waals surface area contributed by atoms with Gasteiger partial charge in [0.05, 0.1) is 5.57 Å². The average Bonchev–Trinajstić information content (AvgIpc) is 2.79. The summed E-state index contributed by atoms with van der Waals surface area (Å²) in [4.78, 5) is 24.7. The van der Waals surface area contributed by atoms with Crippen LogP contribution in [0.2, 0.25) is 0 Å². The highest BCUT2D eigenvalue weighted by Crippen LogP contribution is 2.43. The Labute approximate surface area is 136 Å². The van der Waals surface area contributed by atoms with E-state index in [-0.39, 0.29) is 11.9 Å². The SMILES string of the molecule is CC1=C(C(=O)NCCc2ccccc2)C2(CCCCC2)OC1=O.